The second-order valence-corrected chi connectivity index (χ2v) is 5.67. The molecule has 19 heavy (non-hydrogen) atoms. The largest absolute Gasteiger partial charge is 0.359 e. The highest BCUT2D eigenvalue weighted by Crippen LogP contribution is 2.10. The highest BCUT2D eigenvalue weighted by Gasteiger charge is 1.91. The van der Waals surface area contributed by atoms with Crippen LogP contribution in [0, 0.1) is 0 Å². The minimum Gasteiger partial charge on any atom is -0.359 e. The van der Waals surface area contributed by atoms with Crippen molar-refractivity contribution in [1.29, 1.82) is 0 Å². The summed E-state index contributed by atoms with van der Waals surface area (Å²) >= 11 is 3.47. The predicted molar refractivity (Wildman–Crippen MR) is 86.9 cm³/mol. The summed E-state index contributed by atoms with van der Waals surface area (Å²) < 4.78 is 10.0. The van der Waals surface area contributed by atoms with E-state index in [1.54, 1.807) is 7.11 Å². The molecule has 0 aromatic carbocycles. The van der Waals surface area contributed by atoms with Gasteiger partial charge in [-0.3, -0.25) is 0 Å². The number of hydrogen-bond donors (Lipinski definition) is 0. The van der Waals surface area contributed by atoms with Crippen LogP contribution < -0.4 is 0 Å². The van der Waals surface area contributed by atoms with Gasteiger partial charge in [-0.2, -0.15) is 0 Å². The molecule has 0 aromatic rings. The molecule has 0 aliphatic carbocycles. The lowest BCUT2D eigenvalue weighted by atomic mass is 10.1. The van der Waals surface area contributed by atoms with Gasteiger partial charge in [-0.05, 0) is 25.7 Å². The third kappa shape index (κ3) is 18.1. The molecule has 2 nitrogen and oxygen atoms in total. The fraction of sp³-hybridized carbons (Fsp3) is 0.875. The van der Waals surface area contributed by atoms with Crippen molar-refractivity contribution >= 4 is 15.9 Å². The van der Waals surface area contributed by atoms with Gasteiger partial charge >= 0.3 is 0 Å². The SMILES string of the molecule is COCOCCC=CCCCCCCCCCCBr. The normalized spacial score (nSPS) is 11.5. The Hall–Kier alpha value is 0.140. The van der Waals surface area contributed by atoms with Crippen molar-refractivity contribution < 1.29 is 9.47 Å². The smallest absolute Gasteiger partial charge is 0.146 e. The molecule has 0 unspecified atom stereocenters. The molecule has 0 spiro atoms. The maximum absolute atomic E-state index is 5.21. The van der Waals surface area contributed by atoms with E-state index in [2.05, 4.69) is 28.1 Å². The number of alkyl halides is 1. The van der Waals surface area contributed by atoms with Crippen LogP contribution in [0.1, 0.15) is 64.2 Å². The lowest BCUT2D eigenvalue weighted by Crippen LogP contribution is -1.96. The van der Waals surface area contributed by atoms with Crippen molar-refractivity contribution in [3.05, 3.63) is 12.2 Å². The van der Waals surface area contributed by atoms with Crippen molar-refractivity contribution in [3.63, 3.8) is 0 Å². The van der Waals surface area contributed by atoms with Crippen molar-refractivity contribution in [2.45, 2.75) is 64.2 Å². The van der Waals surface area contributed by atoms with E-state index in [1.165, 1.54) is 57.8 Å². The molecule has 0 saturated heterocycles. The molecule has 0 N–H and O–H groups in total. The molecule has 0 atom stereocenters. The Balaban J connectivity index is 2.99. The monoisotopic (exact) mass is 334 g/mol. The van der Waals surface area contributed by atoms with E-state index in [0.29, 0.717) is 6.79 Å². The minimum atomic E-state index is 0.406. The van der Waals surface area contributed by atoms with Gasteiger partial charge in [0.2, 0.25) is 0 Å². The molecule has 0 aromatic heterocycles. The molecule has 0 saturated carbocycles. The fourth-order valence-corrected chi connectivity index (χ4v) is 2.34. The van der Waals surface area contributed by atoms with E-state index in [4.69, 9.17) is 9.47 Å². The summed E-state index contributed by atoms with van der Waals surface area (Å²) in [5, 5.41) is 1.16. The Morgan fingerprint density at radius 1 is 0.789 bits per heavy atom. The summed E-state index contributed by atoms with van der Waals surface area (Å²) in [7, 11) is 1.65. The van der Waals surface area contributed by atoms with E-state index < -0.39 is 0 Å². The molecule has 0 aliphatic heterocycles. The maximum Gasteiger partial charge on any atom is 0.146 e. The molecular formula is C16H31BrO2. The van der Waals surface area contributed by atoms with Crippen LogP contribution in [-0.4, -0.2) is 25.8 Å². The Kier molecular flexibility index (Phi) is 18.3. The van der Waals surface area contributed by atoms with E-state index in [1.807, 2.05) is 0 Å². The Morgan fingerprint density at radius 3 is 2.00 bits per heavy atom. The third-order valence-corrected chi connectivity index (χ3v) is 3.61. The van der Waals surface area contributed by atoms with Gasteiger partial charge in [-0.15, -0.1) is 0 Å². The Labute approximate surface area is 128 Å². The molecule has 3 heteroatoms. The molecule has 0 amide bonds. The van der Waals surface area contributed by atoms with Crippen LogP contribution in [0.15, 0.2) is 12.2 Å². The van der Waals surface area contributed by atoms with Crippen LogP contribution in [-0.2, 0) is 9.47 Å². The molecule has 0 radical (unpaired) electrons. The molecule has 0 aliphatic rings. The maximum atomic E-state index is 5.21. The van der Waals surface area contributed by atoms with Gasteiger partial charge in [0.25, 0.3) is 0 Å². The van der Waals surface area contributed by atoms with Crippen LogP contribution in [0.25, 0.3) is 0 Å². The second-order valence-electron chi connectivity index (χ2n) is 4.88. The van der Waals surface area contributed by atoms with Crippen LogP contribution in [0.2, 0.25) is 0 Å². The van der Waals surface area contributed by atoms with Crippen molar-refractivity contribution in [2.75, 3.05) is 25.8 Å². The van der Waals surface area contributed by atoms with Crippen molar-refractivity contribution in [2.24, 2.45) is 0 Å². The third-order valence-electron chi connectivity index (χ3n) is 3.05. The van der Waals surface area contributed by atoms with E-state index in [9.17, 15) is 0 Å². The number of allylic oxidation sites excluding steroid dienone is 1. The van der Waals surface area contributed by atoms with Crippen LogP contribution >= 0.6 is 15.9 Å². The first-order valence-corrected chi connectivity index (χ1v) is 8.81. The zero-order chi connectivity index (χ0) is 14.0. The molecular weight excluding hydrogens is 304 g/mol. The number of halogens is 1. The summed E-state index contributed by atoms with van der Waals surface area (Å²) in [6.07, 6.45) is 17.8. The van der Waals surface area contributed by atoms with Crippen molar-refractivity contribution in [1.82, 2.24) is 0 Å². The summed E-state index contributed by atoms with van der Waals surface area (Å²) in [5.41, 5.74) is 0. The van der Waals surface area contributed by atoms with Crippen molar-refractivity contribution in [3.8, 4) is 0 Å². The Bertz CT molecular complexity index is 184. The first kappa shape index (κ1) is 19.1. The number of unbranched alkanes of at least 4 members (excludes halogenated alkanes) is 8. The molecule has 0 heterocycles. The zero-order valence-electron chi connectivity index (χ0n) is 12.5. The van der Waals surface area contributed by atoms with Gasteiger partial charge < -0.3 is 9.47 Å². The lowest BCUT2D eigenvalue weighted by Gasteiger charge is -2.00. The lowest BCUT2D eigenvalue weighted by molar-refractivity contribution is -0.0285. The molecule has 0 fully saturated rings. The van der Waals surface area contributed by atoms with Crippen LogP contribution in [0.3, 0.4) is 0 Å². The van der Waals surface area contributed by atoms with Crippen LogP contribution in [0.4, 0.5) is 0 Å². The average molecular weight is 335 g/mol. The summed E-state index contributed by atoms with van der Waals surface area (Å²) in [6.45, 7) is 1.17. The summed E-state index contributed by atoms with van der Waals surface area (Å²) in [4.78, 5) is 0. The first-order valence-electron chi connectivity index (χ1n) is 7.69. The summed E-state index contributed by atoms with van der Waals surface area (Å²) in [5.74, 6) is 0. The standard InChI is InChI=1S/C16H31BrO2/c1-18-16-19-15-13-11-9-7-5-3-2-4-6-8-10-12-14-17/h9,11H,2-8,10,12-16H2,1H3. The zero-order valence-corrected chi connectivity index (χ0v) is 14.1. The van der Waals surface area contributed by atoms with Gasteiger partial charge in [0, 0.05) is 12.4 Å². The molecule has 0 rings (SSSR count). The fourth-order valence-electron chi connectivity index (χ4n) is 1.95. The summed E-state index contributed by atoms with van der Waals surface area (Å²) in [6, 6.07) is 0. The van der Waals surface area contributed by atoms with Gasteiger partial charge in [0.15, 0.2) is 0 Å². The van der Waals surface area contributed by atoms with E-state index >= 15 is 0 Å². The number of methoxy groups -OCH3 is 1. The highest BCUT2D eigenvalue weighted by atomic mass is 79.9. The number of hydrogen-bond acceptors (Lipinski definition) is 2. The highest BCUT2D eigenvalue weighted by molar-refractivity contribution is 9.09. The van der Waals surface area contributed by atoms with Gasteiger partial charge in [-0.25, -0.2) is 0 Å². The van der Waals surface area contributed by atoms with Crippen LogP contribution in [0.5, 0.6) is 0 Å². The van der Waals surface area contributed by atoms with E-state index in [-0.39, 0.29) is 0 Å². The van der Waals surface area contributed by atoms with Gasteiger partial charge in [0.05, 0.1) is 6.61 Å². The molecule has 114 valence electrons. The number of ether oxygens (including phenoxy) is 2. The second kappa shape index (κ2) is 18.1. The quantitative estimate of drug-likeness (QED) is 0.171. The Morgan fingerprint density at radius 2 is 1.37 bits per heavy atom. The van der Waals surface area contributed by atoms with E-state index in [0.717, 1.165) is 18.4 Å². The minimum absolute atomic E-state index is 0.406. The average Bonchev–Trinajstić information content (AvgIpc) is 2.43. The van der Waals surface area contributed by atoms with Gasteiger partial charge in [-0.1, -0.05) is 66.6 Å². The predicted octanol–water partition coefficient (Wildman–Crippen LogP) is 5.46. The first-order chi connectivity index (χ1) is 9.41. The number of rotatable bonds is 15. The molecule has 0 bridgehead atoms. The van der Waals surface area contributed by atoms with Gasteiger partial charge in [0.1, 0.15) is 6.79 Å². The topological polar surface area (TPSA) is 18.5 Å².